The predicted molar refractivity (Wildman–Crippen MR) is 126 cm³/mol. The van der Waals surface area contributed by atoms with Crippen molar-refractivity contribution in [3.8, 4) is 0 Å². The van der Waals surface area contributed by atoms with Crippen LogP contribution in [0.4, 0.5) is 17.5 Å². The Morgan fingerprint density at radius 2 is 1.88 bits per heavy atom. The number of amides is 1. The minimum Gasteiger partial charge on any atom is -0.464 e. The van der Waals surface area contributed by atoms with Gasteiger partial charge in [-0.25, -0.2) is 15.0 Å². The van der Waals surface area contributed by atoms with Crippen LogP contribution in [0.15, 0.2) is 63.9 Å². The number of rotatable bonds is 4. The number of aromatic nitrogens is 3. The molecule has 1 aliphatic heterocycles. The Bertz CT molecular complexity index is 1270. The van der Waals surface area contributed by atoms with Crippen molar-refractivity contribution in [3.63, 3.8) is 0 Å². The largest absolute Gasteiger partial charge is 0.464 e. The molecule has 0 radical (unpaired) electrons. The van der Waals surface area contributed by atoms with Gasteiger partial charge in [-0.2, -0.15) is 0 Å². The third-order valence-electron chi connectivity index (χ3n) is 5.49. The van der Waals surface area contributed by atoms with Crippen molar-refractivity contribution in [1.82, 2.24) is 19.9 Å². The number of aryl methyl sites for hydroxylation is 1. The molecule has 0 spiro atoms. The summed E-state index contributed by atoms with van der Waals surface area (Å²) in [7, 11) is 0. The molecule has 1 amide bonds. The molecular formula is C23H21BrN6O2. The minimum absolute atomic E-state index is 0.119. The van der Waals surface area contributed by atoms with Crippen LogP contribution in [0.2, 0.25) is 0 Å². The van der Waals surface area contributed by atoms with E-state index in [1.54, 1.807) is 30.8 Å². The van der Waals surface area contributed by atoms with Crippen LogP contribution in [0.5, 0.6) is 0 Å². The lowest BCUT2D eigenvalue weighted by molar-refractivity contribution is 0.0740. The maximum atomic E-state index is 13.2. The Morgan fingerprint density at radius 3 is 2.62 bits per heavy atom. The third kappa shape index (κ3) is 4.03. The molecule has 1 saturated heterocycles. The number of halogens is 1. The number of fused-ring (bicyclic) bond motifs is 1. The number of nitrogens with one attached hydrogen (secondary N) is 1. The van der Waals surface area contributed by atoms with Crippen molar-refractivity contribution in [3.05, 3.63) is 70.8 Å². The summed E-state index contributed by atoms with van der Waals surface area (Å²) in [6.45, 7) is 4.51. The van der Waals surface area contributed by atoms with Crippen molar-refractivity contribution in [2.75, 3.05) is 36.4 Å². The first-order valence-electron chi connectivity index (χ1n) is 10.3. The molecule has 1 aromatic carbocycles. The average molecular weight is 493 g/mol. The van der Waals surface area contributed by atoms with E-state index in [9.17, 15) is 4.79 Å². The van der Waals surface area contributed by atoms with Crippen molar-refractivity contribution in [2.45, 2.75) is 6.92 Å². The molecular weight excluding hydrogens is 472 g/mol. The van der Waals surface area contributed by atoms with Gasteiger partial charge in [0.15, 0.2) is 0 Å². The van der Waals surface area contributed by atoms with Gasteiger partial charge in [-0.3, -0.25) is 4.79 Å². The van der Waals surface area contributed by atoms with Crippen LogP contribution < -0.4 is 10.2 Å². The molecule has 8 nitrogen and oxygen atoms in total. The minimum atomic E-state index is -0.119. The third-order valence-corrected chi connectivity index (χ3v) is 6.38. The molecule has 32 heavy (non-hydrogen) atoms. The highest BCUT2D eigenvalue weighted by Gasteiger charge is 2.25. The normalized spacial score (nSPS) is 14.1. The fraction of sp³-hybridized carbons (Fsp3) is 0.217. The highest BCUT2D eigenvalue weighted by Crippen LogP contribution is 2.29. The molecule has 1 aliphatic rings. The molecule has 0 unspecified atom stereocenters. The van der Waals surface area contributed by atoms with E-state index in [1.165, 1.54) is 0 Å². The Kier molecular flexibility index (Phi) is 5.48. The molecule has 0 aliphatic carbocycles. The molecule has 0 atom stereocenters. The quantitative estimate of drug-likeness (QED) is 0.451. The number of hydrogen-bond acceptors (Lipinski definition) is 7. The SMILES string of the molecule is Cc1cc(Nc2nc(C(=O)N3CCN(c4ncccn4)CC3)cc3occc23)ccc1Br. The fourth-order valence-corrected chi connectivity index (χ4v) is 4.00. The smallest absolute Gasteiger partial charge is 0.272 e. The Hall–Kier alpha value is -3.46. The van der Waals surface area contributed by atoms with Crippen molar-refractivity contribution >= 4 is 50.3 Å². The van der Waals surface area contributed by atoms with Crippen LogP contribution >= 0.6 is 15.9 Å². The van der Waals surface area contributed by atoms with Gasteiger partial charge in [-0.1, -0.05) is 15.9 Å². The van der Waals surface area contributed by atoms with E-state index in [0.29, 0.717) is 49.2 Å². The molecule has 4 heterocycles. The molecule has 0 bridgehead atoms. The zero-order valence-corrected chi connectivity index (χ0v) is 19.0. The summed E-state index contributed by atoms with van der Waals surface area (Å²) < 4.78 is 6.64. The van der Waals surface area contributed by atoms with Gasteiger partial charge in [0.05, 0.1) is 11.6 Å². The zero-order chi connectivity index (χ0) is 22.1. The Morgan fingerprint density at radius 1 is 1.09 bits per heavy atom. The Labute approximate surface area is 193 Å². The van der Waals surface area contributed by atoms with Crippen LogP contribution in [0, 0.1) is 6.92 Å². The highest BCUT2D eigenvalue weighted by molar-refractivity contribution is 9.10. The van der Waals surface area contributed by atoms with Gasteiger partial charge in [0.2, 0.25) is 5.95 Å². The van der Waals surface area contributed by atoms with E-state index in [0.717, 1.165) is 21.1 Å². The molecule has 4 aromatic rings. The van der Waals surface area contributed by atoms with Gasteiger partial charge in [0.1, 0.15) is 17.1 Å². The summed E-state index contributed by atoms with van der Waals surface area (Å²) in [5.41, 5.74) is 2.97. The first kappa shape index (κ1) is 20.4. The maximum Gasteiger partial charge on any atom is 0.272 e. The number of benzene rings is 1. The molecule has 1 fully saturated rings. The molecule has 3 aromatic heterocycles. The van der Waals surface area contributed by atoms with Crippen LogP contribution in [0.3, 0.4) is 0 Å². The van der Waals surface area contributed by atoms with Crippen molar-refractivity contribution in [2.24, 2.45) is 0 Å². The van der Waals surface area contributed by atoms with Crippen molar-refractivity contribution in [1.29, 1.82) is 0 Å². The second-order valence-corrected chi connectivity index (χ2v) is 8.46. The number of pyridine rings is 1. The highest BCUT2D eigenvalue weighted by atomic mass is 79.9. The van der Waals surface area contributed by atoms with Gasteiger partial charge < -0.3 is 19.5 Å². The van der Waals surface area contributed by atoms with Crippen molar-refractivity contribution < 1.29 is 9.21 Å². The first-order valence-corrected chi connectivity index (χ1v) is 11.1. The summed E-state index contributed by atoms with van der Waals surface area (Å²) in [5, 5.41) is 4.17. The summed E-state index contributed by atoms with van der Waals surface area (Å²) in [4.78, 5) is 30.4. The van der Waals surface area contributed by atoms with Gasteiger partial charge in [0, 0.05) is 54.8 Å². The first-order chi connectivity index (χ1) is 15.6. The second kappa shape index (κ2) is 8.58. The average Bonchev–Trinajstić information content (AvgIpc) is 3.31. The van der Waals surface area contributed by atoms with E-state index in [4.69, 9.17) is 4.42 Å². The topological polar surface area (TPSA) is 87.4 Å². The lowest BCUT2D eigenvalue weighted by atomic mass is 10.2. The van der Waals surface area contributed by atoms with Crippen LogP contribution in [0.25, 0.3) is 11.0 Å². The molecule has 1 N–H and O–H groups in total. The predicted octanol–water partition coefficient (Wildman–Crippen LogP) is 4.39. The van der Waals surface area contributed by atoms with E-state index in [1.807, 2.05) is 36.1 Å². The number of hydrogen-bond donors (Lipinski definition) is 1. The van der Waals surface area contributed by atoms with E-state index >= 15 is 0 Å². The number of carbonyl (C=O) groups is 1. The van der Waals surface area contributed by atoms with Gasteiger partial charge in [0.25, 0.3) is 5.91 Å². The van der Waals surface area contributed by atoms with E-state index < -0.39 is 0 Å². The summed E-state index contributed by atoms with van der Waals surface area (Å²) in [6.07, 6.45) is 5.06. The van der Waals surface area contributed by atoms with Crippen LogP contribution in [-0.2, 0) is 0 Å². The maximum absolute atomic E-state index is 13.2. The lowest BCUT2D eigenvalue weighted by Gasteiger charge is -2.34. The van der Waals surface area contributed by atoms with Crippen LogP contribution in [0.1, 0.15) is 16.1 Å². The Balaban J connectivity index is 1.37. The fourth-order valence-electron chi connectivity index (χ4n) is 3.76. The molecule has 162 valence electrons. The molecule has 0 saturated carbocycles. The monoisotopic (exact) mass is 492 g/mol. The van der Waals surface area contributed by atoms with Crippen LogP contribution in [-0.4, -0.2) is 51.9 Å². The van der Waals surface area contributed by atoms with Gasteiger partial charge in [-0.15, -0.1) is 0 Å². The lowest BCUT2D eigenvalue weighted by Crippen LogP contribution is -2.49. The molecule has 9 heteroatoms. The summed E-state index contributed by atoms with van der Waals surface area (Å²) in [6, 6.07) is 11.3. The summed E-state index contributed by atoms with van der Waals surface area (Å²) >= 11 is 3.52. The van der Waals surface area contributed by atoms with E-state index in [-0.39, 0.29) is 5.91 Å². The zero-order valence-electron chi connectivity index (χ0n) is 17.5. The number of nitrogens with zero attached hydrogens (tertiary/aromatic N) is 5. The molecule has 5 rings (SSSR count). The number of carbonyl (C=O) groups excluding carboxylic acids is 1. The standard InChI is InChI=1S/C23H21BrN6O2/c1-15-13-16(3-4-18(15)24)27-21-17-5-12-32-20(17)14-19(28-21)22(31)29-8-10-30(11-9-29)23-25-6-2-7-26-23/h2-7,12-14H,8-11H2,1H3,(H,27,28). The number of furan rings is 1. The number of anilines is 3. The number of piperazine rings is 1. The van der Waals surface area contributed by atoms with Gasteiger partial charge in [-0.05, 0) is 42.8 Å². The van der Waals surface area contributed by atoms with Gasteiger partial charge >= 0.3 is 0 Å². The second-order valence-electron chi connectivity index (χ2n) is 7.61. The van der Waals surface area contributed by atoms with E-state index in [2.05, 4.69) is 41.1 Å². The summed E-state index contributed by atoms with van der Waals surface area (Å²) in [5.74, 6) is 1.16.